The van der Waals surface area contributed by atoms with Crippen LogP contribution < -0.4 is 0 Å². The molecule has 2 rings (SSSR count). The zero-order chi connectivity index (χ0) is 10.8. The van der Waals surface area contributed by atoms with Crippen LogP contribution in [0.25, 0.3) is 10.7 Å². The van der Waals surface area contributed by atoms with Crippen LogP contribution in [0.3, 0.4) is 0 Å². The molecule has 15 heavy (non-hydrogen) atoms. The number of aryl methyl sites for hydroxylation is 1. The Morgan fingerprint density at radius 2 is 2.20 bits per heavy atom. The van der Waals surface area contributed by atoms with Gasteiger partial charge in [0, 0.05) is 10.8 Å². The topological polar surface area (TPSA) is 42.9 Å². The van der Waals surface area contributed by atoms with Gasteiger partial charge in [-0.15, -0.1) is 34.3 Å². The van der Waals surface area contributed by atoms with Crippen molar-refractivity contribution < 1.29 is 4.79 Å². The summed E-state index contributed by atoms with van der Waals surface area (Å²) in [7, 11) is 0. The van der Waals surface area contributed by atoms with Crippen molar-refractivity contribution in [3.05, 3.63) is 21.5 Å². The molecule has 2 aromatic rings. The average Bonchev–Trinajstić information content (AvgIpc) is 2.84. The fourth-order valence-electron chi connectivity index (χ4n) is 1.05. The molecule has 6 heteroatoms. The van der Waals surface area contributed by atoms with E-state index >= 15 is 0 Å². The summed E-state index contributed by atoms with van der Waals surface area (Å²) in [6.07, 6.45) is 0. The van der Waals surface area contributed by atoms with Crippen LogP contribution in [0, 0.1) is 6.92 Å². The third-order valence-corrected chi connectivity index (χ3v) is 3.63. The average molecular weight is 259 g/mol. The van der Waals surface area contributed by atoms with Gasteiger partial charge in [0.1, 0.15) is 16.4 Å². The minimum Gasteiger partial charge on any atom is -0.291 e. The maximum absolute atomic E-state index is 11.3. The van der Waals surface area contributed by atoms with Crippen LogP contribution in [0.15, 0.2) is 10.8 Å². The van der Waals surface area contributed by atoms with Crippen molar-refractivity contribution in [3.63, 3.8) is 0 Å². The number of ketones is 1. The first-order chi connectivity index (χ1) is 7.20. The zero-order valence-corrected chi connectivity index (χ0v) is 10.2. The smallest absolute Gasteiger partial charge is 0.196 e. The molecular weight excluding hydrogens is 252 g/mol. The lowest BCUT2D eigenvalue weighted by molar-refractivity contribution is 0.101. The largest absolute Gasteiger partial charge is 0.291 e. The van der Waals surface area contributed by atoms with Gasteiger partial charge in [0.25, 0.3) is 0 Å². The lowest BCUT2D eigenvalue weighted by Gasteiger charge is -1.88. The van der Waals surface area contributed by atoms with E-state index in [1.807, 2.05) is 12.3 Å². The molecule has 0 saturated carbocycles. The number of carbonyl (C=O) groups excluding carboxylic acids is 1. The molecule has 0 bridgehead atoms. The summed E-state index contributed by atoms with van der Waals surface area (Å²) in [6, 6.07) is 0. The first-order valence-electron chi connectivity index (χ1n) is 4.18. The number of hydrogen-bond acceptors (Lipinski definition) is 5. The highest BCUT2D eigenvalue weighted by Gasteiger charge is 2.12. The van der Waals surface area contributed by atoms with E-state index in [9.17, 15) is 4.79 Å². The van der Waals surface area contributed by atoms with Crippen LogP contribution in [0.5, 0.6) is 0 Å². The number of alkyl halides is 1. The van der Waals surface area contributed by atoms with Crippen molar-refractivity contribution in [1.82, 2.24) is 9.97 Å². The number of thiazole rings is 2. The van der Waals surface area contributed by atoms with Crippen molar-refractivity contribution in [2.24, 2.45) is 0 Å². The summed E-state index contributed by atoms with van der Waals surface area (Å²) in [5.74, 6) is -0.176. The van der Waals surface area contributed by atoms with Crippen LogP contribution in [0.4, 0.5) is 0 Å². The van der Waals surface area contributed by atoms with Crippen LogP contribution in [0.1, 0.15) is 15.5 Å². The molecule has 0 aromatic carbocycles. The lowest BCUT2D eigenvalue weighted by Crippen LogP contribution is -2.00. The summed E-state index contributed by atoms with van der Waals surface area (Å²) in [5, 5.41) is 5.41. The van der Waals surface area contributed by atoms with E-state index in [0.717, 1.165) is 15.7 Å². The molecule has 0 saturated heterocycles. The number of rotatable bonds is 3. The highest BCUT2D eigenvalue weighted by Crippen LogP contribution is 2.25. The van der Waals surface area contributed by atoms with Gasteiger partial charge in [0.05, 0.1) is 10.9 Å². The molecule has 0 unspecified atom stereocenters. The zero-order valence-electron chi connectivity index (χ0n) is 7.86. The summed E-state index contributed by atoms with van der Waals surface area (Å²) < 4.78 is 0. The molecule has 2 heterocycles. The molecule has 2 aromatic heterocycles. The predicted molar refractivity (Wildman–Crippen MR) is 63.0 cm³/mol. The molecule has 0 amide bonds. The van der Waals surface area contributed by atoms with Crippen molar-refractivity contribution in [2.45, 2.75) is 6.92 Å². The normalized spacial score (nSPS) is 10.5. The van der Waals surface area contributed by atoms with Crippen LogP contribution >= 0.6 is 34.3 Å². The van der Waals surface area contributed by atoms with Gasteiger partial charge in [-0.1, -0.05) is 0 Å². The van der Waals surface area contributed by atoms with E-state index in [0.29, 0.717) is 5.69 Å². The van der Waals surface area contributed by atoms with Gasteiger partial charge in [-0.2, -0.15) is 0 Å². The van der Waals surface area contributed by atoms with E-state index in [4.69, 9.17) is 11.6 Å². The van der Waals surface area contributed by atoms with Gasteiger partial charge in [-0.3, -0.25) is 4.79 Å². The third-order valence-electron chi connectivity index (χ3n) is 1.75. The number of carbonyl (C=O) groups is 1. The summed E-state index contributed by atoms with van der Waals surface area (Å²) in [4.78, 5) is 19.8. The van der Waals surface area contributed by atoms with Gasteiger partial charge in [0.15, 0.2) is 5.78 Å². The molecule has 0 spiro atoms. The second-order valence-electron chi connectivity index (χ2n) is 2.85. The first kappa shape index (κ1) is 10.7. The third kappa shape index (κ3) is 2.25. The molecule has 3 nitrogen and oxygen atoms in total. The predicted octanol–water partition coefficient (Wildman–Crippen LogP) is 3.00. The van der Waals surface area contributed by atoms with Gasteiger partial charge >= 0.3 is 0 Å². The monoisotopic (exact) mass is 258 g/mol. The second kappa shape index (κ2) is 4.38. The van der Waals surface area contributed by atoms with E-state index in [2.05, 4.69) is 9.97 Å². The quantitative estimate of drug-likeness (QED) is 0.628. The Bertz CT molecular complexity index is 492. The summed E-state index contributed by atoms with van der Waals surface area (Å²) in [5.41, 5.74) is 1.26. The summed E-state index contributed by atoms with van der Waals surface area (Å²) in [6.45, 7) is 1.94. The molecular formula is C9H7ClN2OS2. The standard InChI is InChI=1S/C9H7ClN2OS2/c1-5-11-7(4-14-5)9-12-6(3-15-9)8(13)2-10/h3-4H,2H2,1H3. The molecule has 78 valence electrons. The first-order valence-corrected chi connectivity index (χ1v) is 6.47. The van der Waals surface area contributed by atoms with E-state index in [1.54, 1.807) is 16.7 Å². The van der Waals surface area contributed by atoms with Crippen LogP contribution in [-0.4, -0.2) is 21.6 Å². The van der Waals surface area contributed by atoms with Gasteiger partial charge in [-0.25, -0.2) is 9.97 Å². The highest BCUT2D eigenvalue weighted by molar-refractivity contribution is 7.14. The Labute approximate surface area is 99.8 Å². The number of aromatic nitrogens is 2. The van der Waals surface area contributed by atoms with Gasteiger partial charge in [-0.05, 0) is 6.92 Å². The SMILES string of the molecule is Cc1nc(-c2nc(C(=O)CCl)cs2)cs1. The van der Waals surface area contributed by atoms with Crippen molar-refractivity contribution in [2.75, 3.05) is 5.88 Å². The molecule has 0 atom stereocenters. The molecule has 0 radical (unpaired) electrons. The fourth-order valence-corrected chi connectivity index (χ4v) is 2.64. The lowest BCUT2D eigenvalue weighted by atomic mass is 10.3. The molecule has 0 fully saturated rings. The Morgan fingerprint density at radius 3 is 2.80 bits per heavy atom. The maximum atomic E-state index is 11.3. The number of hydrogen-bond donors (Lipinski definition) is 0. The van der Waals surface area contributed by atoms with Gasteiger partial charge in [0.2, 0.25) is 0 Å². The number of nitrogens with zero attached hydrogens (tertiary/aromatic N) is 2. The van der Waals surface area contributed by atoms with E-state index in [1.165, 1.54) is 11.3 Å². The highest BCUT2D eigenvalue weighted by atomic mass is 35.5. The Balaban J connectivity index is 2.31. The molecule has 0 aliphatic carbocycles. The molecule has 0 N–H and O–H groups in total. The summed E-state index contributed by atoms with van der Waals surface area (Å²) >= 11 is 8.43. The molecule has 0 aliphatic heterocycles. The van der Waals surface area contributed by atoms with Crippen molar-refractivity contribution >= 4 is 40.1 Å². The Hall–Kier alpha value is -0.780. The maximum Gasteiger partial charge on any atom is 0.196 e. The fraction of sp³-hybridized carbons (Fsp3) is 0.222. The van der Waals surface area contributed by atoms with Crippen LogP contribution in [-0.2, 0) is 0 Å². The second-order valence-corrected chi connectivity index (χ2v) is 5.03. The minimum absolute atomic E-state index is 0.0285. The van der Waals surface area contributed by atoms with E-state index in [-0.39, 0.29) is 11.7 Å². The van der Waals surface area contributed by atoms with E-state index < -0.39 is 0 Å². The van der Waals surface area contributed by atoms with Crippen molar-refractivity contribution in [3.8, 4) is 10.7 Å². The molecule has 0 aliphatic rings. The number of halogens is 1. The number of Topliss-reactive ketones (excluding diaryl/α,β-unsaturated/α-hetero) is 1. The Morgan fingerprint density at radius 1 is 1.40 bits per heavy atom. The van der Waals surface area contributed by atoms with Crippen molar-refractivity contribution in [1.29, 1.82) is 0 Å². The van der Waals surface area contributed by atoms with Crippen LogP contribution in [0.2, 0.25) is 0 Å². The van der Waals surface area contributed by atoms with Gasteiger partial charge < -0.3 is 0 Å². The minimum atomic E-state index is -0.147. The Kier molecular flexibility index (Phi) is 3.14.